The van der Waals surface area contributed by atoms with E-state index in [1.807, 2.05) is 55.5 Å². The molecule has 0 radical (unpaired) electrons. The van der Waals surface area contributed by atoms with Crippen LogP contribution in [0.25, 0.3) is 11.4 Å². The highest BCUT2D eigenvalue weighted by Gasteiger charge is 2.19. The van der Waals surface area contributed by atoms with E-state index < -0.39 is 0 Å². The molecule has 1 aliphatic rings. The molecular formula is C24H30N4O4. The van der Waals surface area contributed by atoms with Crippen molar-refractivity contribution < 1.29 is 18.7 Å². The van der Waals surface area contributed by atoms with E-state index in [2.05, 4.69) is 19.9 Å². The molecule has 170 valence electrons. The second-order valence-electron chi connectivity index (χ2n) is 7.61. The van der Waals surface area contributed by atoms with Crippen LogP contribution < -0.4 is 14.2 Å². The van der Waals surface area contributed by atoms with E-state index in [4.69, 9.17) is 18.7 Å². The Balaban J connectivity index is 1.19. The molecule has 4 rings (SSSR count). The summed E-state index contributed by atoms with van der Waals surface area (Å²) < 4.78 is 22.0. The van der Waals surface area contributed by atoms with Crippen LogP contribution in [-0.4, -0.2) is 73.0 Å². The lowest BCUT2D eigenvalue weighted by Crippen LogP contribution is -2.47. The fourth-order valence-electron chi connectivity index (χ4n) is 3.63. The highest BCUT2D eigenvalue weighted by molar-refractivity contribution is 5.55. The average Bonchev–Trinajstić information content (AvgIpc) is 3.30. The van der Waals surface area contributed by atoms with Gasteiger partial charge in [-0.2, -0.15) is 4.98 Å². The number of piperazine rings is 1. The summed E-state index contributed by atoms with van der Waals surface area (Å²) in [7, 11) is 1.66. The average molecular weight is 439 g/mol. The summed E-state index contributed by atoms with van der Waals surface area (Å²) in [6, 6.07) is 15.4. The number of methoxy groups -OCH3 is 1. The number of hydrogen-bond acceptors (Lipinski definition) is 8. The molecule has 1 aliphatic heterocycles. The highest BCUT2D eigenvalue weighted by atomic mass is 16.5. The van der Waals surface area contributed by atoms with E-state index in [0.29, 0.717) is 31.5 Å². The van der Waals surface area contributed by atoms with Gasteiger partial charge in [0.05, 0.1) is 20.3 Å². The Labute approximate surface area is 188 Å². The second kappa shape index (κ2) is 11.0. The molecule has 8 nitrogen and oxygen atoms in total. The zero-order valence-electron chi connectivity index (χ0n) is 18.7. The summed E-state index contributed by atoms with van der Waals surface area (Å²) in [6.45, 7) is 8.76. The van der Waals surface area contributed by atoms with E-state index in [9.17, 15) is 0 Å². The molecule has 0 spiro atoms. The normalized spacial score (nSPS) is 14.9. The maximum Gasteiger partial charge on any atom is 0.241 e. The Bertz CT molecular complexity index is 951. The summed E-state index contributed by atoms with van der Waals surface area (Å²) in [5.74, 6) is 3.79. The standard InChI is InChI=1S/C24H30N4O4/c1-3-30-21-6-4-19(5-7-21)24-25-23(32-26-24)18-28-14-12-27(13-15-28)16-17-31-22-10-8-20(29-2)9-11-22/h4-11H,3,12-18H2,1-2H3. The van der Waals surface area contributed by atoms with Gasteiger partial charge in [0.15, 0.2) is 0 Å². The van der Waals surface area contributed by atoms with Gasteiger partial charge in [0.1, 0.15) is 23.9 Å². The van der Waals surface area contributed by atoms with Gasteiger partial charge in [-0.05, 0) is 55.5 Å². The Morgan fingerprint density at radius 2 is 1.47 bits per heavy atom. The van der Waals surface area contributed by atoms with Crippen molar-refractivity contribution >= 4 is 0 Å². The smallest absolute Gasteiger partial charge is 0.241 e. The summed E-state index contributed by atoms with van der Waals surface area (Å²) >= 11 is 0. The van der Waals surface area contributed by atoms with Crippen LogP contribution in [0.15, 0.2) is 53.1 Å². The fraction of sp³-hybridized carbons (Fsp3) is 0.417. The topological polar surface area (TPSA) is 73.1 Å². The van der Waals surface area contributed by atoms with Crippen LogP contribution in [0.4, 0.5) is 0 Å². The molecule has 32 heavy (non-hydrogen) atoms. The van der Waals surface area contributed by atoms with E-state index in [1.165, 1.54) is 0 Å². The summed E-state index contributed by atoms with van der Waals surface area (Å²) in [6.07, 6.45) is 0. The van der Waals surface area contributed by atoms with Crippen LogP contribution in [0.5, 0.6) is 17.2 Å². The van der Waals surface area contributed by atoms with Crippen molar-refractivity contribution in [3.05, 3.63) is 54.4 Å². The minimum Gasteiger partial charge on any atom is -0.497 e. The lowest BCUT2D eigenvalue weighted by atomic mass is 10.2. The van der Waals surface area contributed by atoms with Crippen LogP contribution in [-0.2, 0) is 6.54 Å². The van der Waals surface area contributed by atoms with Gasteiger partial charge >= 0.3 is 0 Å². The minimum atomic E-state index is 0.609. The van der Waals surface area contributed by atoms with Crippen molar-refractivity contribution in [2.24, 2.45) is 0 Å². The molecule has 1 aromatic heterocycles. The number of benzene rings is 2. The van der Waals surface area contributed by atoms with Crippen molar-refractivity contribution in [1.29, 1.82) is 0 Å². The number of rotatable bonds is 10. The van der Waals surface area contributed by atoms with Crippen molar-refractivity contribution in [2.45, 2.75) is 13.5 Å². The lowest BCUT2D eigenvalue weighted by molar-refractivity contribution is 0.104. The van der Waals surface area contributed by atoms with Gasteiger partial charge in [-0.15, -0.1) is 0 Å². The molecule has 0 atom stereocenters. The third-order valence-electron chi connectivity index (χ3n) is 5.45. The number of ether oxygens (including phenoxy) is 3. The SMILES string of the molecule is CCOc1ccc(-c2noc(CN3CCN(CCOc4ccc(OC)cc4)CC3)n2)cc1. The maximum absolute atomic E-state index is 5.84. The van der Waals surface area contributed by atoms with Crippen LogP contribution in [0.2, 0.25) is 0 Å². The molecule has 0 saturated carbocycles. The zero-order valence-corrected chi connectivity index (χ0v) is 18.7. The zero-order chi connectivity index (χ0) is 22.2. The first-order valence-electron chi connectivity index (χ1n) is 11.0. The van der Waals surface area contributed by atoms with Crippen LogP contribution in [0.1, 0.15) is 12.8 Å². The van der Waals surface area contributed by atoms with Crippen molar-refractivity contribution in [1.82, 2.24) is 19.9 Å². The third kappa shape index (κ3) is 5.99. The van der Waals surface area contributed by atoms with Gasteiger partial charge in [-0.3, -0.25) is 9.80 Å². The van der Waals surface area contributed by atoms with Crippen LogP contribution >= 0.6 is 0 Å². The largest absolute Gasteiger partial charge is 0.497 e. The monoisotopic (exact) mass is 438 g/mol. The molecule has 3 aromatic rings. The Hall–Kier alpha value is -3.10. The van der Waals surface area contributed by atoms with Gasteiger partial charge < -0.3 is 18.7 Å². The number of nitrogens with zero attached hydrogens (tertiary/aromatic N) is 4. The Kier molecular flexibility index (Phi) is 7.58. The third-order valence-corrected chi connectivity index (χ3v) is 5.45. The number of hydrogen-bond donors (Lipinski definition) is 0. The predicted molar refractivity (Wildman–Crippen MR) is 121 cm³/mol. The molecule has 2 aromatic carbocycles. The summed E-state index contributed by atoms with van der Waals surface area (Å²) in [4.78, 5) is 9.32. The molecule has 0 bridgehead atoms. The van der Waals surface area contributed by atoms with E-state index in [-0.39, 0.29) is 0 Å². The van der Waals surface area contributed by atoms with Crippen molar-refractivity contribution in [3.8, 4) is 28.6 Å². The molecular weight excluding hydrogens is 408 g/mol. The summed E-state index contributed by atoms with van der Waals surface area (Å²) in [5, 5.41) is 4.13. The van der Waals surface area contributed by atoms with Gasteiger partial charge in [-0.25, -0.2) is 0 Å². The second-order valence-corrected chi connectivity index (χ2v) is 7.61. The van der Waals surface area contributed by atoms with E-state index in [1.54, 1.807) is 7.11 Å². The quantitative estimate of drug-likeness (QED) is 0.477. The molecule has 8 heteroatoms. The maximum atomic E-state index is 5.84. The van der Waals surface area contributed by atoms with Gasteiger partial charge in [0, 0.05) is 38.3 Å². The molecule has 0 N–H and O–H groups in total. The van der Waals surface area contributed by atoms with Crippen molar-refractivity contribution in [2.75, 3.05) is 53.0 Å². The summed E-state index contributed by atoms with van der Waals surface area (Å²) in [5.41, 5.74) is 0.921. The molecule has 1 saturated heterocycles. The first-order valence-corrected chi connectivity index (χ1v) is 11.0. The minimum absolute atomic E-state index is 0.609. The molecule has 0 unspecified atom stereocenters. The van der Waals surface area contributed by atoms with Gasteiger partial charge in [-0.1, -0.05) is 5.16 Å². The van der Waals surface area contributed by atoms with E-state index in [0.717, 1.165) is 55.5 Å². The Morgan fingerprint density at radius 1 is 0.844 bits per heavy atom. The highest BCUT2D eigenvalue weighted by Crippen LogP contribution is 2.21. The van der Waals surface area contributed by atoms with Gasteiger partial charge in [0.2, 0.25) is 11.7 Å². The molecule has 2 heterocycles. The van der Waals surface area contributed by atoms with E-state index >= 15 is 0 Å². The molecule has 1 fully saturated rings. The van der Waals surface area contributed by atoms with Gasteiger partial charge in [0.25, 0.3) is 0 Å². The van der Waals surface area contributed by atoms with Crippen molar-refractivity contribution in [3.63, 3.8) is 0 Å². The van der Waals surface area contributed by atoms with Crippen LogP contribution in [0.3, 0.4) is 0 Å². The van der Waals surface area contributed by atoms with Crippen LogP contribution in [0, 0.1) is 0 Å². The fourth-order valence-corrected chi connectivity index (χ4v) is 3.63. The lowest BCUT2D eigenvalue weighted by Gasteiger charge is -2.33. The first kappa shape index (κ1) is 22.1. The number of aromatic nitrogens is 2. The predicted octanol–water partition coefficient (Wildman–Crippen LogP) is 3.34. The Morgan fingerprint density at radius 3 is 2.16 bits per heavy atom. The molecule has 0 amide bonds. The molecule has 0 aliphatic carbocycles. The first-order chi connectivity index (χ1) is 15.7.